The van der Waals surface area contributed by atoms with E-state index >= 15 is 0 Å². The van der Waals surface area contributed by atoms with E-state index in [1.54, 1.807) is 13.2 Å². The Morgan fingerprint density at radius 1 is 0.846 bits per heavy atom. The molecule has 0 spiro atoms. The van der Waals surface area contributed by atoms with Crippen LogP contribution < -0.4 is 4.74 Å². The van der Waals surface area contributed by atoms with Crippen LogP contribution in [0.25, 0.3) is 6.08 Å². The number of rotatable bonds is 6. The van der Waals surface area contributed by atoms with Gasteiger partial charge in [0.05, 0.1) is 7.11 Å². The maximum absolute atomic E-state index is 12.4. The van der Waals surface area contributed by atoms with Gasteiger partial charge in [0.1, 0.15) is 5.75 Å². The van der Waals surface area contributed by atoms with E-state index in [1.165, 1.54) is 6.08 Å². The zero-order valence-corrected chi connectivity index (χ0v) is 14.5. The number of carbonyl (C=O) groups excluding carboxylic acids is 1. The smallest absolute Gasteiger partial charge is 0.331 e. The second-order valence-electron chi connectivity index (χ2n) is 5.75. The van der Waals surface area contributed by atoms with Crippen molar-refractivity contribution in [1.82, 2.24) is 0 Å². The van der Waals surface area contributed by atoms with Crippen molar-refractivity contribution in [2.75, 3.05) is 7.11 Å². The van der Waals surface area contributed by atoms with Gasteiger partial charge >= 0.3 is 5.97 Å². The van der Waals surface area contributed by atoms with Crippen LogP contribution in [0.1, 0.15) is 22.8 Å². The maximum atomic E-state index is 12.4. The summed E-state index contributed by atoms with van der Waals surface area (Å²) in [5.41, 5.74) is 2.74. The first-order valence-electron chi connectivity index (χ1n) is 8.39. The number of carbonyl (C=O) groups is 1. The molecule has 0 unspecified atom stereocenters. The number of ether oxygens (including phenoxy) is 2. The van der Waals surface area contributed by atoms with Crippen molar-refractivity contribution in [2.45, 2.75) is 6.10 Å². The van der Waals surface area contributed by atoms with Gasteiger partial charge in [-0.1, -0.05) is 72.8 Å². The molecule has 0 bridgehead atoms. The van der Waals surface area contributed by atoms with Crippen molar-refractivity contribution in [1.29, 1.82) is 0 Å². The molecular formula is C23H20O3. The van der Waals surface area contributed by atoms with Crippen LogP contribution in [-0.4, -0.2) is 13.1 Å². The van der Waals surface area contributed by atoms with E-state index in [0.717, 1.165) is 22.4 Å². The lowest BCUT2D eigenvalue weighted by molar-refractivity contribution is -0.141. The summed E-state index contributed by atoms with van der Waals surface area (Å²) >= 11 is 0. The summed E-state index contributed by atoms with van der Waals surface area (Å²) in [4.78, 5) is 12.4. The van der Waals surface area contributed by atoms with Crippen molar-refractivity contribution in [3.05, 3.63) is 108 Å². The summed E-state index contributed by atoms with van der Waals surface area (Å²) in [5, 5.41) is 0. The van der Waals surface area contributed by atoms with Crippen LogP contribution in [0.15, 0.2) is 91.0 Å². The Bertz CT molecular complexity index is 831. The molecule has 130 valence electrons. The molecule has 3 aromatic rings. The highest BCUT2D eigenvalue weighted by Crippen LogP contribution is 2.26. The van der Waals surface area contributed by atoms with Crippen LogP contribution in [0.3, 0.4) is 0 Å². The highest BCUT2D eigenvalue weighted by atomic mass is 16.5. The molecule has 0 aliphatic carbocycles. The fraction of sp³-hybridized carbons (Fsp3) is 0.0870. The molecule has 0 N–H and O–H groups in total. The second-order valence-corrected chi connectivity index (χ2v) is 5.75. The van der Waals surface area contributed by atoms with E-state index < -0.39 is 12.1 Å². The summed E-state index contributed by atoms with van der Waals surface area (Å²) < 4.78 is 10.9. The molecule has 26 heavy (non-hydrogen) atoms. The molecular weight excluding hydrogens is 324 g/mol. The van der Waals surface area contributed by atoms with Gasteiger partial charge in [-0.25, -0.2) is 4.79 Å². The van der Waals surface area contributed by atoms with Crippen LogP contribution >= 0.6 is 0 Å². The van der Waals surface area contributed by atoms with Gasteiger partial charge in [-0.3, -0.25) is 0 Å². The Labute approximate surface area is 153 Å². The largest absolute Gasteiger partial charge is 0.497 e. The Morgan fingerprint density at radius 3 is 2.04 bits per heavy atom. The maximum Gasteiger partial charge on any atom is 0.331 e. The molecule has 3 rings (SSSR count). The molecule has 3 aromatic carbocycles. The summed E-state index contributed by atoms with van der Waals surface area (Å²) in [5.74, 6) is 0.345. The van der Waals surface area contributed by atoms with Crippen LogP contribution in [0.2, 0.25) is 0 Å². The zero-order chi connectivity index (χ0) is 18.2. The first kappa shape index (κ1) is 17.5. The van der Waals surface area contributed by atoms with Gasteiger partial charge in [0.2, 0.25) is 0 Å². The second kappa shape index (κ2) is 8.67. The first-order chi connectivity index (χ1) is 12.8. The summed E-state index contributed by atoms with van der Waals surface area (Å²) in [6, 6.07) is 26.9. The molecule has 0 radical (unpaired) electrons. The molecule has 0 aromatic heterocycles. The Hall–Kier alpha value is -3.33. The minimum Gasteiger partial charge on any atom is -0.497 e. The zero-order valence-electron chi connectivity index (χ0n) is 14.5. The van der Waals surface area contributed by atoms with Gasteiger partial charge in [0.15, 0.2) is 6.10 Å². The highest BCUT2D eigenvalue weighted by molar-refractivity contribution is 5.87. The lowest BCUT2D eigenvalue weighted by Crippen LogP contribution is -2.10. The Morgan fingerprint density at radius 2 is 1.46 bits per heavy atom. The van der Waals surface area contributed by atoms with E-state index in [-0.39, 0.29) is 0 Å². The normalized spacial score (nSPS) is 10.8. The number of hydrogen-bond donors (Lipinski definition) is 0. The van der Waals surface area contributed by atoms with Crippen LogP contribution in [0.4, 0.5) is 0 Å². The lowest BCUT2D eigenvalue weighted by atomic mass is 10.0. The molecule has 0 amide bonds. The number of esters is 1. The fourth-order valence-electron chi connectivity index (χ4n) is 2.65. The molecule has 0 fully saturated rings. The minimum atomic E-state index is -0.445. The van der Waals surface area contributed by atoms with Gasteiger partial charge in [-0.2, -0.15) is 0 Å². The monoisotopic (exact) mass is 344 g/mol. The van der Waals surface area contributed by atoms with Crippen molar-refractivity contribution in [3.8, 4) is 5.75 Å². The van der Waals surface area contributed by atoms with E-state index in [4.69, 9.17) is 9.47 Å². The van der Waals surface area contributed by atoms with E-state index in [1.807, 2.05) is 84.9 Å². The number of hydrogen-bond acceptors (Lipinski definition) is 3. The Kier molecular flexibility index (Phi) is 5.84. The predicted octanol–water partition coefficient (Wildman–Crippen LogP) is 5.04. The third-order valence-electron chi connectivity index (χ3n) is 3.94. The van der Waals surface area contributed by atoms with Crippen LogP contribution in [-0.2, 0) is 9.53 Å². The SMILES string of the molecule is COc1cccc(/C=C/C(=O)OC(c2ccccc2)c2ccccc2)c1. The molecule has 0 aliphatic rings. The van der Waals surface area contributed by atoms with Crippen molar-refractivity contribution in [3.63, 3.8) is 0 Å². The Balaban J connectivity index is 1.78. The van der Waals surface area contributed by atoms with Crippen molar-refractivity contribution < 1.29 is 14.3 Å². The van der Waals surface area contributed by atoms with Gasteiger partial charge < -0.3 is 9.47 Å². The van der Waals surface area contributed by atoms with Gasteiger partial charge in [-0.15, -0.1) is 0 Å². The summed E-state index contributed by atoms with van der Waals surface area (Å²) in [6.45, 7) is 0. The minimum absolute atomic E-state index is 0.398. The average molecular weight is 344 g/mol. The standard InChI is InChI=1S/C23H20O3/c1-25-21-14-8-9-18(17-21)15-16-22(24)26-23(19-10-4-2-5-11-19)20-12-6-3-7-13-20/h2-17,23H,1H3/b16-15+. The third kappa shape index (κ3) is 4.61. The van der Waals surface area contributed by atoms with Crippen molar-refractivity contribution >= 4 is 12.0 Å². The molecule has 0 heterocycles. The van der Waals surface area contributed by atoms with Crippen LogP contribution in [0.5, 0.6) is 5.75 Å². The van der Waals surface area contributed by atoms with Gasteiger partial charge in [-0.05, 0) is 34.9 Å². The molecule has 0 saturated heterocycles. The molecule has 3 heteroatoms. The quantitative estimate of drug-likeness (QED) is 0.464. The lowest BCUT2D eigenvalue weighted by Gasteiger charge is -2.18. The fourth-order valence-corrected chi connectivity index (χ4v) is 2.65. The van der Waals surface area contributed by atoms with E-state index in [0.29, 0.717) is 0 Å². The van der Waals surface area contributed by atoms with Crippen molar-refractivity contribution in [2.24, 2.45) is 0 Å². The predicted molar refractivity (Wildman–Crippen MR) is 103 cm³/mol. The van der Waals surface area contributed by atoms with Gasteiger partial charge in [0, 0.05) is 6.08 Å². The van der Waals surface area contributed by atoms with Gasteiger partial charge in [0.25, 0.3) is 0 Å². The molecule has 0 saturated carbocycles. The van der Waals surface area contributed by atoms with E-state index in [9.17, 15) is 4.79 Å². The summed E-state index contributed by atoms with van der Waals surface area (Å²) in [7, 11) is 1.61. The third-order valence-corrected chi connectivity index (χ3v) is 3.94. The van der Waals surface area contributed by atoms with E-state index in [2.05, 4.69) is 0 Å². The number of methoxy groups -OCH3 is 1. The topological polar surface area (TPSA) is 35.5 Å². The average Bonchev–Trinajstić information content (AvgIpc) is 2.72. The van der Waals surface area contributed by atoms with Crippen LogP contribution in [0, 0.1) is 0 Å². The molecule has 3 nitrogen and oxygen atoms in total. The summed E-state index contributed by atoms with van der Waals surface area (Å²) in [6.07, 6.45) is 2.71. The highest BCUT2D eigenvalue weighted by Gasteiger charge is 2.17. The number of benzene rings is 3. The molecule has 0 atom stereocenters. The molecule has 0 aliphatic heterocycles. The first-order valence-corrected chi connectivity index (χ1v) is 8.39.